The molecule has 0 radical (unpaired) electrons. The van der Waals surface area contributed by atoms with Crippen molar-refractivity contribution in [2.75, 3.05) is 13.2 Å². The molecule has 1 atom stereocenters. The van der Waals surface area contributed by atoms with Gasteiger partial charge in [-0.3, -0.25) is 9.69 Å². The largest absolute Gasteiger partial charge is 0.465 e. The van der Waals surface area contributed by atoms with Crippen LogP contribution in [0.4, 0.5) is 0 Å². The maximum absolute atomic E-state index is 11.7. The first-order valence-electron chi connectivity index (χ1n) is 5.90. The van der Waals surface area contributed by atoms with Gasteiger partial charge in [0.05, 0.1) is 13.2 Å². The van der Waals surface area contributed by atoms with Gasteiger partial charge in [-0.2, -0.15) is 4.98 Å². The SMILES string of the molecule is CCOC(=O)C1CCCN1Cc1nc(C)no1. The van der Waals surface area contributed by atoms with E-state index in [-0.39, 0.29) is 12.0 Å². The molecule has 1 aromatic rings. The van der Waals surface area contributed by atoms with Crippen molar-refractivity contribution >= 4 is 5.97 Å². The van der Waals surface area contributed by atoms with Crippen LogP contribution in [0, 0.1) is 6.92 Å². The van der Waals surface area contributed by atoms with E-state index in [1.165, 1.54) is 0 Å². The number of hydrogen-bond donors (Lipinski definition) is 0. The Bertz CT molecular complexity index is 391. The van der Waals surface area contributed by atoms with Crippen LogP contribution in [0.3, 0.4) is 0 Å². The van der Waals surface area contributed by atoms with E-state index in [1.54, 1.807) is 6.92 Å². The van der Waals surface area contributed by atoms with Gasteiger partial charge in [0.2, 0.25) is 5.89 Å². The van der Waals surface area contributed by atoms with Crippen molar-refractivity contribution in [1.29, 1.82) is 0 Å². The number of hydrogen-bond acceptors (Lipinski definition) is 6. The Morgan fingerprint density at radius 1 is 1.65 bits per heavy atom. The van der Waals surface area contributed by atoms with Gasteiger partial charge in [0.25, 0.3) is 0 Å². The lowest BCUT2D eigenvalue weighted by atomic mass is 10.2. The topological polar surface area (TPSA) is 68.5 Å². The molecule has 1 saturated heterocycles. The van der Waals surface area contributed by atoms with Gasteiger partial charge in [-0.25, -0.2) is 0 Å². The summed E-state index contributed by atoms with van der Waals surface area (Å²) in [5, 5.41) is 3.74. The van der Waals surface area contributed by atoms with Crippen molar-refractivity contribution in [3.63, 3.8) is 0 Å². The maximum atomic E-state index is 11.7. The maximum Gasteiger partial charge on any atom is 0.323 e. The second-order valence-electron chi connectivity index (χ2n) is 4.12. The van der Waals surface area contributed by atoms with Crippen molar-refractivity contribution in [3.8, 4) is 0 Å². The Morgan fingerprint density at radius 3 is 3.12 bits per heavy atom. The van der Waals surface area contributed by atoms with Crippen LogP contribution in [0.1, 0.15) is 31.5 Å². The van der Waals surface area contributed by atoms with E-state index in [9.17, 15) is 4.79 Å². The number of esters is 1. The average molecular weight is 239 g/mol. The van der Waals surface area contributed by atoms with Gasteiger partial charge < -0.3 is 9.26 Å². The summed E-state index contributed by atoms with van der Waals surface area (Å²) in [6.45, 7) is 5.40. The molecule has 0 N–H and O–H groups in total. The highest BCUT2D eigenvalue weighted by Gasteiger charge is 2.32. The van der Waals surface area contributed by atoms with Gasteiger partial charge in [0.15, 0.2) is 5.82 Å². The monoisotopic (exact) mass is 239 g/mol. The van der Waals surface area contributed by atoms with Crippen molar-refractivity contribution in [2.24, 2.45) is 0 Å². The van der Waals surface area contributed by atoms with Crippen molar-refractivity contribution < 1.29 is 14.1 Å². The summed E-state index contributed by atoms with van der Waals surface area (Å²) in [4.78, 5) is 17.9. The molecule has 0 aromatic carbocycles. The minimum absolute atomic E-state index is 0.152. The molecular formula is C11H17N3O3. The van der Waals surface area contributed by atoms with Gasteiger partial charge in [-0.15, -0.1) is 0 Å². The third-order valence-corrected chi connectivity index (χ3v) is 2.83. The second-order valence-corrected chi connectivity index (χ2v) is 4.12. The van der Waals surface area contributed by atoms with Crippen LogP contribution in [-0.4, -0.2) is 40.2 Å². The molecule has 1 aromatic heterocycles. The van der Waals surface area contributed by atoms with E-state index in [0.29, 0.717) is 24.9 Å². The summed E-state index contributed by atoms with van der Waals surface area (Å²) in [5.41, 5.74) is 0. The van der Waals surface area contributed by atoms with Crippen molar-refractivity contribution in [1.82, 2.24) is 15.0 Å². The van der Waals surface area contributed by atoms with Gasteiger partial charge in [0.1, 0.15) is 6.04 Å². The molecule has 17 heavy (non-hydrogen) atoms. The summed E-state index contributed by atoms with van der Waals surface area (Å²) in [5.74, 6) is 1.02. The van der Waals surface area contributed by atoms with Crippen LogP contribution in [0.5, 0.6) is 0 Å². The van der Waals surface area contributed by atoms with Crippen LogP contribution in [0.15, 0.2) is 4.52 Å². The van der Waals surface area contributed by atoms with E-state index >= 15 is 0 Å². The lowest BCUT2D eigenvalue weighted by Gasteiger charge is -2.20. The second kappa shape index (κ2) is 5.27. The first-order chi connectivity index (χ1) is 8.20. The molecule has 2 heterocycles. The Labute approximate surface area is 99.9 Å². The molecule has 0 spiro atoms. The number of ether oxygens (including phenoxy) is 1. The molecule has 0 amide bonds. The number of rotatable bonds is 4. The van der Waals surface area contributed by atoms with Crippen LogP contribution < -0.4 is 0 Å². The van der Waals surface area contributed by atoms with Gasteiger partial charge >= 0.3 is 5.97 Å². The minimum atomic E-state index is -0.165. The first-order valence-corrected chi connectivity index (χ1v) is 5.90. The Balaban J connectivity index is 1.97. The number of aryl methyl sites for hydroxylation is 1. The highest BCUT2D eigenvalue weighted by atomic mass is 16.5. The molecule has 1 aliphatic rings. The zero-order valence-electron chi connectivity index (χ0n) is 10.2. The summed E-state index contributed by atoms with van der Waals surface area (Å²) in [6, 6.07) is -0.165. The highest BCUT2D eigenvalue weighted by molar-refractivity contribution is 5.76. The van der Waals surface area contributed by atoms with E-state index in [0.717, 1.165) is 19.4 Å². The summed E-state index contributed by atoms with van der Waals surface area (Å²) < 4.78 is 10.1. The van der Waals surface area contributed by atoms with E-state index < -0.39 is 0 Å². The quantitative estimate of drug-likeness (QED) is 0.727. The molecule has 2 rings (SSSR count). The predicted molar refractivity (Wildman–Crippen MR) is 59.1 cm³/mol. The molecule has 6 nitrogen and oxygen atoms in total. The van der Waals surface area contributed by atoms with E-state index in [4.69, 9.17) is 9.26 Å². The molecule has 0 aliphatic carbocycles. The lowest BCUT2D eigenvalue weighted by Crippen LogP contribution is -2.36. The number of aromatic nitrogens is 2. The fraction of sp³-hybridized carbons (Fsp3) is 0.727. The standard InChI is InChI=1S/C11H17N3O3/c1-3-16-11(15)9-5-4-6-14(9)7-10-12-8(2)13-17-10/h9H,3-7H2,1-2H3. The lowest BCUT2D eigenvalue weighted by molar-refractivity contribution is -0.148. The van der Waals surface area contributed by atoms with Crippen LogP contribution in [-0.2, 0) is 16.1 Å². The third-order valence-electron chi connectivity index (χ3n) is 2.83. The predicted octanol–water partition coefficient (Wildman–Crippen LogP) is 0.906. The molecule has 94 valence electrons. The number of carbonyl (C=O) groups is 1. The zero-order chi connectivity index (χ0) is 12.3. The Kier molecular flexibility index (Phi) is 3.73. The van der Waals surface area contributed by atoms with E-state index in [1.807, 2.05) is 11.8 Å². The molecule has 6 heteroatoms. The smallest absolute Gasteiger partial charge is 0.323 e. The van der Waals surface area contributed by atoms with Crippen LogP contribution >= 0.6 is 0 Å². The molecule has 1 unspecified atom stereocenters. The summed E-state index contributed by atoms with van der Waals surface area (Å²) >= 11 is 0. The zero-order valence-corrected chi connectivity index (χ0v) is 10.2. The first kappa shape index (κ1) is 12.0. The molecule has 0 bridgehead atoms. The van der Waals surface area contributed by atoms with Crippen LogP contribution in [0.2, 0.25) is 0 Å². The fourth-order valence-corrected chi connectivity index (χ4v) is 2.10. The summed E-state index contributed by atoms with van der Waals surface area (Å²) in [6.07, 6.45) is 1.84. The van der Waals surface area contributed by atoms with Gasteiger partial charge in [-0.05, 0) is 33.2 Å². The Hall–Kier alpha value is -1.43. The average Bonchev–Trinajstić information content (AvgIpc) is 2.89. The highest BCUT2D eigenvalue weighted by Crippen LogP contribution is 2.20. The van der Waals surface area contributed by atoms with Crippen molar-refractivity contribution in [2.45, 2.75) is 39.3 Å². The molecule has 1 fully saturated rings. The number of carbonyl (C=O) groups excluding carboxylic acids is 1. The van der Waals surface area contributed by atoms with Gasteiger partial charge in [0, 0.05) is 0 Å². The molecular weight excluding hydrogens is 222 g/mol. The van der Waals surface area contributed by atoms with E-state index in [2.05, 4.69) is 10.1 Å². The Morgan fingerprint density at radius 2 is 2.47 bits per heavy atom. The van der Waals surface area contributed by atoms with Gasteiger partial charge in [-0.1, -0.05) is 5.16 Å². The fourth-order valence-electron chi connectivity index (χ4n) is 2.10. The molecule has 0 saturated carbocycles. The third kappa shape index (κ3) is 2.82. The normalized spacial score (nSPS) is 20.7. The number of nitrogens with zero attached hydrogens (tertiary/aromatic N) is 3. The number of likely N-dealkylation sites (tertiary alicyclic amines) is 1. The van der Waals surface area contributed by atoms with Crippen molar-refractivity contribution in [3.05, 3.63) is 11.7 Å². The molecule has 1 aliphatic heterocycles. The summed E-state index contributed by atoms with van der Waals surface area (Å²) in [7, 11) is 0. The minimum Gasteiger partial charge on any atom is -0.465 e. The van der Waals surface area contributed by atoms with Crippen LogP contribution in [0.25, 0.3) is 0 Å².